The number of fused-ring (bicyclic) bond motifs is 1. The van der Waals surface area contributed by atoms with Crippen LogP contribution >= 0.6 is 0 Å². The van der Waals surface area contributed by atoms with Gasteiger partial charge in [0, 0.05) is 29.9 Å². The van der Waals surface area contributed by atoms with E-state index in [1.54, 1.807) is 19.5 Å². The second-order valence-corrected chi connectivity index (χ2v) is 7.64. The van der Waals surface area contributed by atoms with Gasteiger partial charge in [0.25, 0.3) is 5.91 Å². The first-order valence-corrected chi connectivity index (χ1v) is 10.2. The Labute approximate surface area is 181 Å². The van der Waals surface area contributed by atoms with Crippen molar-refractivity contribution >= 4 is 16.9 Å². The van der Waals surface area contributed by atoms with E-state index >= 15 is 0 Å². The van der Waals surface area contributed by atoms with Crippen LogP contribution in [0.15, 0.2) is 54.9 Å². The van der Waals surface area contributed by atoms with Crippen LogP contribution in [-0.2, 0) is 6.54 Å². The van der Waals surface area contributed by atoms with Gasteiger partial charge in [0.2, 0.25) is 5.88 Å². The summed E-state index contributed by atoms with van der Waals surface area (Å²) in [5, 5.41) is 8.20. The molecule has 0 atom stereocenters. The van der Waals surface area contributed by atoms with Gasteiger partial charge in [-0.05, 0) is 38.5 Å². The van der Waals surface area contributed by atoms with Gasteiger partial charge in [-0.25, -0.2) is 14.6 Å². The zero-order valence-corrected chi connectivity index (χ0v) is 18.1. The van der Waals surface area contributed by atoms with Crippen LogP contribution in [0.25, 0.3) is 22.3 Å². The molecule has 7 nitrogen and oxygen atoms in total. The molecule has 0 unspecified atom stereocenters. The topological polar surface area (TPSA) is 81.9 Å². The van der Waals surface area contributed by atoms with Gasteiger partial charge in [-0.2, -0.15) is 5.10 Å². The highest BCUT2D eigenvalue weighted by Gasteiger charge is 2.19. The Kier molecular flexibility index (Phi) is 5.66. The number of pyridine rings is 2. The standard InChI is InChI=1S/C24H25N5O2/c1-15(2)29-22-20(14-27-29)19(12-21(28-22)18-10-6-5-8-16(18)3)23(30)26-13-17-9-7-11-25-24(17)31-4/h5-12,14-15H,13H2,1-4H3,(H,26,30). The fourth-order valence-corrected chi connectivity index (χ4v) is 3.60. The minimum Gasteiger partial charge on any atom is -0.481 e. The zero-order valence-electron chi connectivity index (χ0n) is 18.1. The number of nitrogens with zero attached hydrogens (tertiary/aromatic N) is 4. The lowest BCUT2D eigenvalue weighted by molar-refractivity contribution is 0.0952. The Balaban J connectivity index is 1.77. The molecule has 0 spiro atoms. The van der Waals surface area contributed by atoms with E-state index < -0.39 is 0 Å². The fourth-order valence-electron chi connectivity index (χ4n) is 3.60. The molecule has 1 amide bonds. The van der Waals surface area contributed by atoms with Crippen molar-refractivity contribution in [3.05, 3.63) is 71.5 Å². The third-order valence-corrected chi connectivity index (χ3v) is 5.20. The molecule has 7 heteroatoms. The Morgan fingerprint density at radius 3 is 2.74 bits per heavy atom. The number of carbonyl (C=O) groups excluding carboxylic acids is 1. The number of amides is 1. The summed E-state index contributed by atoms with van der Waals surface area (Å²) in [6.07, 6.45) is 3.37. The maximum absolute atomic E-state index is 13.2. The Morgan fingerprint density at radius 2 is 2.00 bits per heavy atom. The normalized spacial score (nSPS) is 11.1. The summed E-state index contributed by atoms with van der Waals surface area (Å²) >= 11 is 0. The lowest BCUT2D eigenvalue weighted by atomic mass is 10.0. The van der Waals surface area contributed by atoms with E-state index in [2.05, 4.69) is 15.4 Å². The Bertz CT molecular complexity index is 1250. The predicted octanol–water partition coefficient (Wildman–Crippen LogP) is 4.32. The molecule has 0 aliphatic heterocycles. The highest BCUT2D eigenvalue weighted by Crippen LogP contribution is 2.28. The summed E-state index contributed by atoms with van der Waals surface area (Å²) in [4.78, 5) is 22.3. The van der Waals surface area contributed by atoms with Crippen LogP contribution in [0.5, 0.6) is 5.88 Å². The molecule has 0 saturated carbocycles. The molecule has 0 radical (unpaired) electrons. The summed E-state index contributed by atoms with van der Waals surface area (Å²) in [5.41, 5.74) is 4.87. The number of hydrogen-bond donors (Lipinski definition) is 1. The second-order valence-electron chi connectivity index (χ2n) is 7.64. The van der Waals surface area contributed by atoms with Crippen LogP contribution in [0.1, 0.15) is 41.4 Å². The van der Waals surface area contributed by atoms with E-state index in [0.29, 0.717) is 23.6 Å². The maximum Gasteiger partial charge on any atom is 0.252 e. The van der Waals surface area contributed by atoms with E-state index in [-0.39, 0.29) is 11.9 Å². The van der Waals surface area contributed by atoms with Crippen molar-refractivity contribution in [2.24, 2.45) is 0 Å². The molecule has 3 aromatic heterocycles. The van der Waals surface area contributed by atoms with E-state index in [4.69, 9.17) is 9.72 Å². The molecule has 1 aromatic carbocycles. The third kappa shape index (κ3) is 3.99. The van der Waals surface area contributed by atoms with Gasteiger partial charge < -0.3 is 10.1 Å². The minimum atomic E-state index is -0.198. The van der Waals surface area contributed by atoms with Gasteiger partial charge in [0.15, 0.2) is 5.65 Å². The monoisotopic (exact) mass is 415 g/mol. The van der Waals surface area contributed by atoms with Crippen LogP contribution in [0.4, 0.5) is 0 Å². The van der Waals surface area contributed by atoms with Crippen LogP contribution in [0, 0.1) is 6.92 Å². The van der Waals surface area contributed by atoms with Crippen LogP contribution in [0.3, 0.4) is 0 Å². The number of aromatic nitrogens is 4. The second kappa shape index (κ2) is 8.55. The average Bonchev–Trinajstić information content (AvgIpc) is 3.21. The lowest BCUT2D eigenvalue weighted by Gasteiger charge is -2.13. The smallest absolute Gasteiger partial charge is 0.252 e. The fraction of sp³-hybridized carbons (Fsp3) is 0.250. The van der Waals surface area contributed by atoms with Crippen LogP contribution < -0.4 is 10.1 Å². The lowest BCUT2D eigenvalue weighted by Crippen LogP contribution is -2.23. The van der Waals surface area contributed by atoms with E-state index in [9.17, 15) is 4.79 Å². The predicted molar refractivity (Wildman–Crippen MR) is 120 cm³/mol. The van der Waals surface area contributed by atoms with Crippen molar-refractivity contribution in [1.82, 2.24) is 25.1 Å². The first kappa shape index (κ1) is 20.5. The first-order chi connectivity index (χ1) is 15.0. The van der Waals surface area contributed by atoms with Crippen molar-refractivity contribution in [2.45, 2.75) is 33.4 Å². The van der Waals surface area contributed by atoms with Gasteiger partial charge in [-0.1, -0.05) is 30.3 Å². The maximum atomic E-state index is 13.2. The van der Waals surface area contributed by atoms with Crippen molar-refractivity contribution < 1.29 is 9.53 Å². The molecule has 0 fully saturated rings. The summed E-state index contributed by atoms with van der Waals surface area (Å²) in [5.74, 6) is 0.298. The number of nitrogens with one attached hydrogen (secondary N) is 1. The molecule has 158 valence electrons. The zero-order chi connectivity index (χ0) is 22.0. The van der Waals surface area contributed by atoms with E-state index in [1.165, 1.54) is 0 Å². The van der Waals surface area contributed by atoms with Gasteiger partial charge in [-0.15, -0.1) is 0 Å². The van der Waals surface area contributed by atoms with Crippen molar-refractivity contribution in [3.63, 3.8) is 0 Å². The average molecular weight is 415 g/mol. The quantitative estimate of drug-likeness (QED) is 0.507. The summed E-state index contributed by atoms with van der Waals surface area (Å²) in [6, 6.07) is 13.7. The van der Waals surface area contributed by atoms with Crippen molar-refractivity contribution in [2.75, 3.05) is 7.11 Å². The Morgan fingerprint density at radius 1 is 1.19 bits per heavy atom. The third-order valence-electron chi connectivity index (χ3n) is 5.20. The molecule has 0 aliphatic carbocycles. The highest BCUT2D eigenvalue weighted by atomic mass is 16.5. The molecule has 0 saturated heterocycles. The molecular formula is C24H25N5O2. The summed E-state index contributed by atoms with van der Waals surface area (Å²) in [6.45, 7) is 6.43. The number of methoxy groups -OCH3 is 1. The van der Waals surface area contributed by atoms with Crippen molar-refractivity contribution in [3.8, 4) is 17.1 Å². The van der Waals surface area contributed by atoms with Gasteiger partial charge >= 0.3 is 0 Å². The highest BCUT2D eigenvalue weighted by molar-refractivity contribution is 6.06. The molecule has 4 rings (SSSR count). The largest absolute Gasteiger partial charge is 0.481 e. The van der Waals surface area contributed by atoms with Crippen LogP contribution in [0.2, 0.25) is 0 Å². The molecule has 0 aliphatic rings. The first-order valence-electron chi connectivity index (χ1n) is 10.2. The number of hydrogen-bond acceptors (Lipinski definition) is 5. The molecule has 4 aromatic rings. The number of ether oxygens (including phenoxy) is 1. The molecule has 0 bridgehead atoms. The van der Waals surface area contributed by atoms with Crippen molar-refractivity contribution in [1.29, 1.82) is 0 Å². The molecule has 3 heterocycles. The Hall–Kier alpha value is -3.74. The summed E-state index contributed by atoms with van der Waals surface area (Å²) < 4.78 is 7.13. The van der Waals surface area contributed by atoms with E-state index in [1.807, 2.05) is 67.9 Å². The van der Waals surface area contributed by atoms with E-state index in [0.717, 1.165) is 27.8 Å². The molecule has 31 heavy (non-hydrogen) atoms. The number of rotatable bonds is 6. The van der Waals surface area contributed by atoms with Gasteiger partial charge in [-0.3, -0.25) is 4.79 Å². The number of aryl methyl sites for hydroxylation is 1. The number of benzene rings is 1. The molecule has 1 N–H and O–H groups in total. The SMILES string of the molecule is COc1ncccc1CNC(=O)c1cc(-c2ccccc2C)nc2c1cnn2C(C)C. The summed E-state index contributed by atoms with van der Waals surface area (Å²) in [7, 11) is 1.56. The van der Waals surface area contributed by atoms with Gasteiger partial charge in [0.1, 0.15) is 0 Å². The van der Waals surface area contributed by atoms with Crippen LogP contribution in [-0.4, -0.2) is 32.8 Å². The van der Waals surface area contributed by atoms with Gasteiger partial charge in [0.05, 0.1) is 30.0 Å². The number of carbonyl (C=O) groups is 1. The minimum absolute atomic E-state index is 0.118. The molecular weight excluding hydrogens is 390 g/mol.